The van der Waals surface area contributed by atoms with Gasteiger partial charge in [0.1, 0.15) is 11.6 Å². The quantitative estimate of drug-likeness (QED) is 0.937. The predicted molar refractivity (Wildman–Crippen MR) is 79.4 cm³/mol. The first-order chi connectivity index (χ1) is 11.1. The number of rotatable bonds is 4. The molecule has 1 aliphatic heterocycles. The van der Waals surface area contributed by atoms with Gasteiger partial charge in [0.05, 0.1) is 12.6 Å². The Morgan fingerprint density at radius 2 is 2.35 bits per heavy atom. The van der Waals surface area contributed by atoms with Crippen LogP contribution in [-0.4, -0.2) is 22.7 Å². The standard InChI is InChI=1S/C16H18FN3O3/c1-10-18-16(23-20-10)7-6-15(21)19-13-3-2-8-22-14-9-11(17)4-5-12(13)14/h4-5,9,13H,2-3,6-8H2,1H3,(H,19,21)/t13-/m0/s1. The molecule has 2 heterocycles. The maximum atomic E-state index is 13.3. The lowest BCUT2D eigenvalue weighted by Crippen LogP contribution is -2.28. The number of nitrogens with zero attached hydrogens (tertiary/aromatic N) is 2. The van der Waals surface area contributed by atoms with Gasteiger partial charge in [0.2, 0.25) is 11.8 Å². The van der Waals surface area contributed by atoms with Crippen LogP contribution in [0.2, 0.25) is 0 Å². The molecule has 1 atom stereocenters. The number of halogens is 1. The van der Waals surface area contributed by atoms with Gasteiger partial charge in [-0.05, 0) is 25.8 Å². The third-order valence-electron chi connectivity index (χ3n) is 3.72. The highest BCUT2D eigenvalue weighted by molar-refractivity contribution is 5.76. The highest BCUT2D eigenvalue weighted by Gasteiger charge is 2.22. The van der Waals surface area contributed by atoms with E-state index in [0.29, 0.717) is 30.5 Å². The van der Waals surface area contributed by atoms with Crippen LogP contribution in [0.25, 0.3) is 0 Å². The van der Waals surface area contributed by atoms with Crippen LogP contribution in [0.1, 0.15) is 42.6 Å². The van der Waals surface area contributed by atoms with Gasteiger partial charge < -0.3 is 14.6 Å². The molecule has 1 aliphatic rings. The summed E-state index contributed by atoms with van der Waals surface area (Å²) in [6, 6.07) is 4.24. The fourth-order valence-electron chi connectivity index (χ4n) is 2.62. The first-order valence-electron chi connectivity index (χ1n) is 7.62. The minimum atomic E-state index is -0.345. The van der Waals surface area contributed by atoms with Crippen LogP contribution < -0.4 is 10.1 Å². The van der Waals surface area contributed by atoms with Crippen LogP contribution >= 0.6 is 0 Å². The first kappa shape index (κ1) is 15.5. The Kier molecular flexibility index (Phi) is 4.55. The van der Waals surface area contributed by atoms with Gasteiger partial charge in [0, 0.05) is 24.5 Å². The molecule has 0 saturated carbocycles. The lowest BCUT2D eigenvalue weighted by Gasteiger charge is -2.18. The van der Waals surface area contributed by atoms with Crippen LogP contribution in [0, 0.1) is 12.7 Å². The van der Waals surface area contributed by atoms with Crippen molar-refractivity contribution in [2.45, 2.75) is 38.6 Å². The molecular weight excluding hydrogens is 301 g/mol. The number of hydrogen-bond acceptors (Lipinski definition) is 5. The van der Waals surface area contributed by atoms with Crippen molar-refractivity contribution in [1.82, 2.24) is 15.5 Å². The van der Waals surface area contributed by atoms with E-state index in [0.717, 1.165) is 18.4 Å². The molecule has 7 heteroatoms. The fraction of sp³-hybridized carbons (Fsp3) is 0.438. The number of aromatic nitrogens is 2. The summed E-state index contributed by atoms with van der Waals surface area (Å²) >= 11 is 0. The zero-order valence-corrected chi connectivity index (χ0v) is 12.8. The molecule has 122 valence electrons. The van der Waals surface area contributed by atoms with Crippen molar-refractivity contribution in [1.29, 1.82) is 0 Å². The number of carbonyl (C=O) groups is 1. The zero-order valence-electron chi connectivity index (χ0n) is 12.8. The Morgan fingerprint density at radius 3 is 3.13 bits per heavy atom. The lowest BCUT2D eigenvalue weighted by molar-refractivity contribution is -0.121. The highest BCUT2D eigenvalue weighted by atomic mass is 19.1. The molecule has 1 aromatic carbocycles. The molecule has 0 fully saturated rings. The molecule has 6 nitrogen and oxygen atoms in total. The third-order valence-corrected chi connectivity index (χ3v) is 3.72. The number of hydrogen-bond donors (Lipinski definition) is 1. The van der Waals surface area contributed by atoms with Crippen molar-refractivity contribution in [2.24, 2.45) is 0 Å². The average molecular weight is 319 g/mol. The SMILES string of the molecule is Cc1noc(CCC(=O)N[C@H]2CCCOc3cc(F)ccc32)n1. The second-order valence-corrected chi connectivity index (χ2v) is 5.53. The van der Waals surface area contributed by atoms with Crippen molar-refractivity contribution in [3.05, 3.63) is 41.3 Å². The van der Waals surface area contributed by atoms with E-state index in [2.05, 4.69) is 15.5 Å². The predicted octanol–water partition coefficient (Wildman–Crippen LogP) is 2.48. The third kappa shape index (κ3) is 3.85. The number of benzene rings is 1. The smallest absolute Gasteiger partial charge is 0.227 e. The molecule has 1 N–H and O–H groups in total. The summed E-state index contributed by atoms with van der Waals surface area (Å²) in [7, 11) is 0. The van der Waals surface area contributed by atoms with E-state index >= 15 is 0 Å². The van der Waals surface area contributed by atoms with E-state index < -0.39 is 0 Å². The second-order valence-electron chi connectivity index (χ2n) is 5.53. The minimum Gasteiger partial charge on any atom is -0.493 e. The number of nitrogens with one attached hydrogen (secondary N) is 1. The van der Waals surface area contributed by atoms with Crippen molar-refractivity contribution in [2.75, 3.05) is 6.61 Å². The summed E-state index contributed by atoms with van der Waals surface area (Å²) in [4.78, 5) is 16.2. The van der Waals surface area contributed by atoms with Gasteiger partial charge in [-0.3, -0.25) is 4.79 Å². The number of aryl methyl sites for hydroxylation is 2. The van der Waals surface area contributed by atoms with E-state index in [1.165, 1.54) is 12.1 Å². The number of carbonyl (C=O) groups excluding carboxylic acids is 1. The molecule has 0 aliphatic carbocycles. The van der Waals surface area contributed by atoms with Gasteiger partial charge in [-0.2, -0.15) is 4.98 Å². The summed E-state index contributed by atoms with van der Waals surface area (Å²) < 4.78 is 23.9. The van der Waals surface area contributed by atoms with E-state index in [9.17, 15) is 9.18 Å². The minimum absolute atomic E-state index is 0.108. The van der Waals surface area contributed by atoms with E-state index in [4.69, 9.17) is 9.26 Å². The van der Waals surface area contributed by atoms with E-state index in [1.54, 1.807) is 13.0 Å². The van der Waals surface area contributed by atoms with E-state index in [1.807, 2.05) is 0 Å². The molecule has 0 bridgehead atoms. The Bertz CT molecular complexity index is 702. The van der Waals surface area contributed by atoms with Crippen LogP contribution in [0.3, 0.4) is 0 Å². The molecule has 2 aromatic rings. The molecule has 23 heavy (non-hydrogen) atoms. The van der Waals surface area contributed by atoms with E-state index in [-0.39, 0.29) is 24.2 Å². The van der Waals surface area contributed by atoms with Crippen molar-refractivity contribution < 1.29 is 18.4 Å². The van der Waals surface area contributed by atoms with Gasteiger partial charge in [-0.25, -0.2) is 4.39 Å². The second kappa shape index (κ2) is 6.76. The normalized spacial score (nSPS) is 17.0. The van der Waals surface area contributed by atoms with Crippen LogP contribution in [0.15, 0.2) is 22.7 Å². The fourth-order valence-corrected chi connectivity index (χ4v) is 2.62. The first-order valence-corrected chi connectivity index (χ1v) is 7.62. The number of amides is 1. The Hall–Kier alpha value is -2.44. The van der Waals surface area contributed by atoms with Crippen LogP contribution in [-0.2, 0) is 11.2 Å². The van der Waals surface area contributed by atoms with Gasteiger partial charge in [0.25, 0.3) is 0 Å². The maximum Gasteiger partial charge on any atom is 0.227 e. The molecular formula is C16H18FN3O3. The van der Waals surface area contributed by atoms with Gasteiger partial charge >= 0.3 is 0 Å². The summed E-state index contributed by atoms with van der Waals surface area (Å²) in [5, 5.41) is 6.67. The van der Waals surface area contributed by atoms with Crippen LogP contribution in [0.5, 0.6) is 5.75 Å². The monoisotopic (exact) mass is 319 g/mol. The largest absolute Gasteiger partial charge is 0.493 e. The van der Waals surface area contributed by atoms with Gasteiger partial charge in [-0.15, -0.1) is 0 Å². The molecule has 0 radical (unpaired) electrons. The maximum absolute atomic E-state index is 13.3. The highest BCUT2D eigenvalue weighted by Crippen LogP contribution is 2.32. The average Bonchev–Trinajstić information content (AvgIpc) is 2.84. The van der Waals surface area contributed by atoms with Crippen LogP contribution in [0.4, 0.5) is 4.39 Å². The van der Waals surface area contributed by atoms with Crippen molar-refractivity contribution in [3.8, 4) is 5.75 Å². The molecule has 0 unspecified atom stereocenters. The topological polar surface area (TPSA) is 77.2 Å². The Labute approximate surface area is 133 Å². The molecule has 0 saturated heterocycles. The summed E-state index contributed by atoms with van der Waals surface area (Å²) in [5.41, 5.74) is 0.811. The number of fused-ring (bicyclic) bond motifs is 1. The van der Waals surface area contributed by atoms with Crippen molar-refractivity contribution >= 4 is 5.91 Å². The van der Waals surface area contributed by atoms with Gasteiger partial charge in [-0.1, -0.05) is 11.2 Å². The Balaban J connectivity index is 1.64. The summed E-state index contributed by atoms with van der Waals surface area (Å²) in [5.74, 6) is 1.05. The summed E-state index contributed by atoms with van der Waals surface area (Å²) in [6.45, 7) is 2.25. The molecule has 1 amide bonds. The molecule has 0 spiro atoms. The van der Waals surface area contributed by atoms with Gasteiger partial charge in [0.15, 0.2) is 5.82 Å². The number of ether oxygens (including phenoxy) is 1. The Morgan fingerprint density at radius 1 is 1.48 bits per heavy atom. The zero-order chi connectivity index (χ0) is 16.2. The van der Waals surface area contributed by atoms with Crippen molar-refractivity contribution in [3.63, 3.8) is 0 Å². The summed E-state index contributed by atoms with van der Waals surface area (Å²) in [6.07, 6.45) is 2.20. The molecule has 3 rings (SSSR count). The molecule has 1 aromatic heterocycles. The lowest BCUT2D eigenvalue weighted by atomic mass is 10.0.